The molecule has 0 spiro atoms. The van der Waals surface area contributed by atoms with Gasteiger partial charge in [-0.3, -0.25) is 0 Å². The highest BCUT2D eigenvalue weighted by Crippen LogP contribution is 2.09. The van der Waals surface area contributed by atoms with Gasteiger partial charge < -0.3 is 0 Å². The average Bonchev–Trinajstić information content (AvgIpc) is 1.88. The van der Waals surface area contributed by atoms with Crippen molar-refractivity contribution >= 4 is 27.5 Å². The zero-order valence-electron chi connectivity index (χ0n) is 5.43. The standard InChI is InChI=1S/C6H6BrClN2/c1-4-5(2-7)3-9-6(8)10-4/h3H,2H2,1H3. The number of alkyl halides is 1. The first-order valence-electron chi connectivity index (χ1n) is 2.78. The summed E-state index contributed by atoms with van der Waals surface area (Å²) in [7, 11) is 0. The molecule has 0 saturated heterocycles. The molecular weight excluding hydrogens is 215 g/mol. The Morgan fingerprint density at radius 2 is 2.40 bits per heavy atom. The van der Waals surface area contributed by atoms with Crippen molar-refractivity contribution in [3.05, 3.63) is 22.7 Å². The van der Waals surface area contributed by atoms with E-state index in [4.69, 9.17) is 11.6 Å². The van der Waals surface area contributed by atoms with Gasteiger partial charge in [0.25, 0.3) is 0 Å². The minimum absolute atomic E-state index is 0.308. The second kappa shape index (κ2) is 3.30. The molecule has 0 fully saturated rings. The fraction of sp³-hybridized carbons (Fsp3) is 0.333. The van der Waals surface area contributed by atoms with E-state index in [0.29, 0.717) is 5.28 Å². The quantitative estimate of drug-likeness (QED) is 0.537. The number of aryl methyl sites for hydroxylation is 1. The molecule has 0 aliphatic heterocycles. The number of aromatic nitrogens is 2. The Hall–Kier alpha value is -0.150. The molecule has 0 unspecified atom stereocenters. The van der Waals surface area contributed by atoms with E-state index in [2.05, 4.69) is 25.9 Å². The molecule has 0 saturated carbocycles. The van der Waals surface area contributed by atoms with Crippen molar-refractivity contribution in [1.82, 2.24) is 9.97 Å². The van der Waals surface area contributed by atoms with E-state index < -0.39 is 0 Å². The van der Waals surface area contributed by atoms with Gasteiger partial charge in [0.15, 0.2) is 0 Å². The van der Waals surface area contributed by atoms with Crippen LogP contribution in [0.15, 0.2) is 6.20 Å². The lowest BCUT2D eigenvalue weighted by atomic mass is 10.3. The van der Waals surface area contributed by atoms with Crippen LogP contribution in [0.2, 0.25) is 5.28 Å². The van der Waals surface area contributed by atoms with Gasteiger partial charge in [-0.1, -0.05) is 15.9 Å². The summed E-state index contributed by atoms with van der Waals surface area (Å²) in [6.45, 7) is 1.91. The molecule has 2 nitrogen and oxygen atoms in total. The van der Waals surface area contributed by atoms with E-state index in [0.717, 1.165) is 16.6 Å². The maximum absolute atomic E-state index is 5.54. The van der Waals surface area contributed by atoms with Crippen LogP contribution in [-0.2, 0) is 5.33 Å². The summed E-state index contributed by atoms with van der Waals surface area (Å²) in [6, 6.07) is 0. The number of hydrogen-bond acceptors (Lipinski definition) is 2. The molecular formula is C6H6BrClN2. The maximum atomic E-state index is 5.54. The lowest BCUT2D eigenvalue weighted by Gasteiger charge is -1.98. The van der Waals surface area contributed by atoms with E-state index in [9.17, 15) is 0 Å². The van der Waals surface area contributed by atoms with Crippen molar-refractivity contribution in [3.63, 3.8) is 0 Å². The largest absolute Gasteiger partial charge is 0.226 e. The molecule has 0 atom stereocenters. The first-order chi connectivity index (χ1) is 4.74. The molecule has 10 heavy (non-hydrogen) atoms. The summed E-state index contributed by atoms with van der Waals surface area (Å²) in [6.07, 6.45) is 1.72. The molecule has 0 radical (unpaired) electrons. The van der Waals surface area contributed by atoms with E-state index in [1.807, 2.05) is 6.92 Å². The van der Waals surface area contributed by atoms with Crippen molar-refractivity contribution in [2.24, 2.45) is 0 Å². The van der Waals surface area contributed by atoms with Crippen molar-refractivity contribution < 1.29 is 0 Å². The number of nitrogens with zero attached hydrogens (tertiary/aromatic N) is 2. The lowest BCUT2D eigenvalue weighted by molar-refractivity contribution is 1.06. The molecule has 0 aliphatic rings. The van der Waals surface area contributed by atoms with Gasteiger partial charge in [0.05, 0.1) is 0 Å². The van der Waals surface area contributed by atoms with E-state index in [1.54, 1.807) is 6.20 Å². The Balaban J connectivity index is 3.07. The van der Waals surface area contributed by atoms with Gasteiger partial charge >= 0.3 is 0 Å². The van der Waals surface area contributed by atoms with Crippen LogP contribution in [0, 0.1) is 6.92 Å². The minimum atomic E-state index is 0.308. The van der Waals surface area contributed by atoms with Gasteiger partial charge in [-0.05, 0) is 18.5 Å². The Morgan fingerprint density at radius 3 is 2.90 bits per heavy atom. The first kappa shape index (κ1) is 7.95. The summed E-state index contributed by atoms with van der Waals surface area (Å²) in [5, 5.41) is 1.08. The molecule has 1 aromatic heterocycles. The summed E-state index contributed by atoms with van der Waals surface area (Å²) in [5.41, 5.74) is 2.00. The van der Waals surface area contributed by atoms with E-state index >= 15 is 0 Å². The zero-order valence-corrected chi connectivity index (χ0v) is 7.78. The Bertz CT molecular complexity index is 239. The second-order valence-corrected chi connectivity index (χ2v) is 2.78. The fourth-order valence-corrected chi connectivity index (χ4v) is 1.32. The fourth-order valence-electron chi connectivity index (χ4n) is 0.595. The van der Waals surface area contributed by atoms with Crippen LogP contribution in [0.25, 0.3) is 0 Å². The van der Waals surface area contributed by atoms with Crippen molar-refractivity contribution in [2.45, 2.75) is 12.3 Å². The third kappa shape index (κ3) is 1.67. The van der Waals surface area contributed by atoms with Crippen LogP contribution >= 0.6 is 27.5 Å². The highest BCUT2D eigenvalue weighted by atomic mass is 79.9. The van der Waals surface area contributed by atoms with Crippen LogP contribution < -0.4 is 0 Å². The monoisotopic (exact) mass is 220 g/mol. The van der Waals surface area contributed by atoms with Crippen LogP contribution in [0.3, 0.4) is 0 Å². The molecule has 0 aliphatic carbocycles. The molecule has 0 aromatic carbocycles. The SMILES string of the molecule is Cc1nc(Cl)ncc1CBr. The minimum Gasteiger partial charge on any atom is -0.226 e. The Morgan fingerprint density at radius 1 is 1.70 bits per heavy atom. The van der Waals surface area contributed by atoms with Crippen LogP contribution in [0.4, 0.5) is 0 Å². The van der Waals surface area contributed by atoms with Crippen molar-refractivity contribution in [1.29, 1.82) is 0 Å². The van der Waals surface area contributed by atoms with Gasteiger partial charge in [-0.25, -0.2) is 9.97 Å². The predicted molar refractivity (Wildman–Crippen MR) is 44.4 cm³/mol. The second-order valence-electron chi connectivity index (χ2n) is 1.88. The highest BCUT2D eigenvalue weighted by molar-refractivity contribution is 9.08. The summed E-state index contributed by atoms with van der Waals surface area (Å²) in [5.74, 6) is 0. The molecule has 4 heteroatoms. The van der Waals surface area contributed by atoms with Crippen molar-refractivity contribution in [3.8, 4) is 0 Å². The lowest BCUT2D eigenvalue weighted by Crippen LogP contribution is -1.91. The van der Waals surface area contributed by atoms with E-state index in [-0.39, 0.29) is 0 Å². The normalized spacial score (nSPS) is 9.90. The molecule has 0 amide bonds. The van der Waals surface area contributed by atoms with Crippen LogP contribution in [-0.4, -0.2) is 9.97 Å². The van der Waals surface area contributed by atoms with Crippen molar-refractivity contribution in [2.75, 3.05) is 0 Å². The van der Waals surface area contributed by atoms with Gasteiger partial charge in [-0.2, -0.15) is 0 Å². The molecule has 1 aromatic rings. The van der Waals surface area contributed by atoms with Crippen LogP contribution in [0.1, 0.15) is 11.3 Å². The Kier molecular flexibility index (Phi) is 2.63. The van der Waals surface area contributed by atoms with Gasteiger partial charge in [0.2, 0.25) is 5.28 Å². The number of rotatable bonds is 1. The summed E-state index contributed by atoms with van der Waals surface area (Å²) >= 11 is 8.85. The maximum Gasteiger partial charge on any atom is 0.222 e. The molecule has 1 rings (SSSR count). The smallest absolute Gasteiger partial charge is 0.222 e. The number of hydrogen-bond donors (Lipinski definition) is 0. The zero-order chi connectivity index (χ0) is 7.56. The topological polar surface area (TPSA) is 25.8 Å². The molecule has 1 heterocycles. The first-order valence-corrected chi connectivity index (χ1v) is 4.28. The van der Waals surface area contributed by atoms with Gasteiger partial charge in [0.1, 0.15) is 0 Å². The molecule has 0 N–H and O–H groups in total. The summed E-state index contributed by atoms with van der Waals surface area (Å²) in [4.78, 5) is 7.80. The van der Waals surface area contributed by atoms with Gasteiger partial charge in [-0.15, -0.1) is 0 Å². The molecule has 54 valence electrons. The van der Waals surface area contributed by atoms with Crippen LogP contribution in [0.5, 0.6) is 0 Å². The summed E-state index contributed by atoms with van der Waals surface area (Å²) < 4.78 is 0. The molecule has 0 bridgehead atoms. The van der Waals surface area contributed by atoms with Gasteiger partial charge in [0, 0.05) is 22.8 Å². The van der Waals surface area contributed by atoms with E-state index in [1.165, 1.54) is 0 Å². The third-order valence-corrected chi connectivity index (χ3v) is 1.98. The predicted octanol–water partition coefficient (Wildman–Crippen LogP) is 2.33. The average molecular weight is 221 g/mol. The highest BCUT2D eigenvalue weighted by Gasteiger charge is 1.98. The third-order valence-electron chi connectivity index (χ3n) is 1.20. The Labute approximate surface area is 72.8 Å². The number of halogens is 2.